The molecule has 1 aromatic heterocycles. The molecule has 0 aliphatic heterocycles. The standard InChI is InChI=1S/C29H28N.Ir/c1-2-3-4-5-6-10-18-25-27-23-17-12-11-16-22(23)24-19-13-20-26(28(24)27)30-29(25)21-14-8-7-9-15-21;/h7-9,11-14,16-17,19-20H,2-6,10,18H2,1H3;/q-1;. The maximum atomic E-state index is 5.19. The molecule has 0 atom stereocenters. The third-order valence-electron chi connectivity index (χ3n) is 6.34. The molecule has 1 nitrogen and oxygen atoms in total. The van der Waals surface area contributed by atoms with Gasteiger partial charge in [-0.3, -0.25) is 4.98 Å². The van der Waals surface area contributed by atoms with E-state index in [4.69, 9.17) is 4.98 Å². The first-order chi connectivity index (χ1) is 14.9. The van der Waals surface area contributed by atoms with E-state index in [1.165, 1.54) is 71.7 Å². The third-order valence-corrected chi connectivity index (χ3v) is 6.34. The number of hydrogen-bond donors (Lipinski definition) is 0. The largest absolute Gasteiger partial charge is 0.296 e. The monoisotopic (exact) mass is 583 g/mol. The Morgan fingerprint density at radius 2 is 1.48 bits per heavy atom. The molecule has 159 valence electrons. The van der Waals surface area contributed by atoms with Gasteiger partial charge in [0.25, 0.3) is 0 Å². The first-order valence-corrected chi connectivity index (χ1v) is 11.4. The van der Waals surface area contributed by atoms with Crippen molar-refractivity contribution in [2.24, 2.45) is 0 Å². The topological polar surface area (TPSA) is 12.9 Å². The minimum atomic E-state index is 0. The normalized spacial score (nSPS) is 11.4. The van der Waals surface area contributed by atoms with Crippen LogP contribution in [0.15, 0.2) is 66.7 Å². The molecule has 0 unspecified atom stereocenters. The van der Waals surface area contributed by atoms with Crippen LogP contribution in [0.2, 0.25) is 0 Å². The Morgan fingerprint density at radius 1 is 0.742 bits per heavy atom. The summed E-state index contributed by atoms with van der Waals surface area (Å²) in [5, 5.41) is 1.33. The van der Waals surface area contributed by atoms with Gasteiger partial charge in [0.05, 0.1) is 5.52 Å². The van der Waals surface area contributed by atoms with E-state index in [0.717, 1.165) is 23.2 Å². The zero-order valence-corrected chi connectivity index (χ0v) is 20.5. The van der Waals surface area contributed by atoms with E-state index >= 15 is 0 Å². The minimum Gasteiger partial charge on any atom is -0.296 e. The fourth-order valence-electron chi connectivity index (χ4n) is 4.90. The second kappa shape index (κ2) is 9.90. The summed E-state index contributed by atoms with van der Waals surface area (Å²) < 4.78 is 0. The fraction of sp³-hybridized carbons (Fsp3) is 0.276. The quantitative estimate of drug-likeness (QED) is 0.133. The van der Waals surface area contributed by atoms with Crippen LogP contribution in [-0.2, 0) is 26.5 Å². The molecule has 0 amide bonds. The predicted octanol–water partition coefficient (Wildman–Crippen LogP) is 8.25. The van der Waals surface area contributed by atoms with Crippen molar-refractivity contribution in [3.8, 4) is 33.5 Å². The van der Waals surface area contributed by atoms with Gasteiger partial charge >= 0.3 is 0 Å². The van der Waals surface area contributed by atoms with E-state index < -0.39 is 0 Å². The van der Waals surface area contributed by atoms with Crippen LogP contribution in [0, 0.1) is 6.07 Å². The van der Waals surface area contributed by atoms with Gasteiger partial charge < -0.3 is 0 Å². The number of nitrogens with zero attached hydrogens (tertiary/aromatic N) is 1. The molecule has 2 heteroatoms. The van der Waals surface area contributed by atoms with Crippen LogP contribution in [0.3, 0.4) is 0 Å². The van der Waals surface area contributed by atoms with E-state index in [-0.39, 0.29) is 20.1 Å². The molecule has 1 aliphatic carbocycles. The average molecular weight is 583 g/mol. The molecule has 5 rings (SSSR count). The van der Waals surface area contributed by atoms with Gasteiger partial charge in [-0.25, -0.2) is 0 Å². The summed E-state index contributed by atoms with van der Waals surface area (Å²) in [7, 11) is 0. The van der Waals surface area contributed by atoms with E-state index in [1.54, 1.807) is 0 Å². The number of aromatic nitrogens is 1. The molecule has 1 aliphatic rings. The zero-order valence-electron chi connectivity index (χ0n) is 18.1. The van der Waals surface area contributed by atoms with Gasteiger partial charge in [-0.2, -0.15) is 0 Å². The SMILES string of the molecule is CCCCCCCCc1c(-c2[c-]cccc2)nc2cccc3c2c1-c1ccccc1-3.[Ir]. The molecule has 0 bridgehead atoms. The number of hydrogen-bond acceptors (Lipinski definition) is 1. The average Bonchev–Trinajstić information content (AvgIpc) is 3.14. The fourth-order valence-corrected chi connectivity index (χ4v) is 4.90. The van der Waals surface area contributed by atoms with Crippen molar-refractivity contribution in [3.63, 3.8) is 0 Å². The van der Waals surface area contributed by atoms with Gasteiger partial charge in [0.15, 0.2) is 0 Å². The summed E-state index contributed by atoms with van der Waals surface area (Å²) in [6.45, 7) is 2.28. The van der Waals surface area contributed by atoms with Gasteiger partial charge in [-0.05, 0) is 46.9 Å². The number of benzene rings is 3. The molecular formula is C29H28IrN-. The maximum Gasteiger partial charge on any atom is 0.0608 e. The van der Waals surface area contributed by atoms with E-state index in [1.807, 2.05) is 12.1 Å². The second-order valence-corrected chi connectivity index (χ2v) is 8.35. The van der Waals surface area contributed by atoms with Crippen molar-refractivity contribution in [2.45, 2.75) is 51.9 Å². The maximum absolute atomic E-state index is 5.19. The minimum absolute atomic E-state index is 0. The summed E-state index contributed by atoms with van der Waals surface area (Å²) >= 11 is 0. The molecule has 0 saturated carbocycles. The summed E-state index contributed by atoms with van der Waals surface area (Å²) in [4.78, 5) is 5.19. The molecule has 4 aromatic rings. The summed E-state index contributed by atoms with van der Waals surface area (Å²) in [6.07, 6.45) is 8.92. The van der Waals surface area contributed by atoms with Crippen LogP contribution in [0.5, 0.6) is 0 Å². The molecule has 0 spiro atoms. The van der Waals surface area contributed by atoms with Crippen LogP contribution in [0.25, 0.3) is 44.4 Å². The molecule has 3 aromatic carbocycles. The van der Waals surface area contributed by atoms with Crippen molar-refractivity contribution in [1.29, 1.82) is 0 Å². The first kappa shape index (κ1) is 21.9. The number of rotatable bonds is 8. The van der Waals surface area contributed by atoms with Crippen LogP contribution in [-0.4, -0.2) is 4.98 Å². The van der Waals surface area contributed by atoms with Gasteiger partial charge in [-0.1, -0.05) is 81.0 Å². The molecule has 1 heterocycles. The Labute approximate surface area is 199 Å². The van der Waals surface area contributed by atoms with Crippen molar-refractivity contribution in [3.05, 3.63) is 78.4 Å². The number of fused-ring (bicyclic) bond motifs is 3. The molecule has 31 heavy (non-hydrogen) atoms. The number of pyridine rings is 1. The van der Waals surface area contributed by atoms with Gasteiger partial charge in [0, 0.05) is 25.5 Å². The summed E-state index contributed by atoms with van der Waals surface area (Å²) in [6, 6.07) is 27.1. The Hall–Kier alpha value is -2.28. The number of unbranched alkanes of at least 4 members (excludes halogenated alkanes) is 5. The predicted molar refractivity (Wildman–Crippen MR) is 128 cm³/mol. The van der Waals surface area contributed by atoms with Gasteiger partial charge in [0.2, 0.25) is 0 Å². The Bertz CT molecular complexity index is 1180. The van der Waals surface area contributed by atoms with Gasteiger partial charge in [-0.15, -0.1) is 35.9 Å². The van der Waals surface area contributed by atoms with Gasteiger partial charge in [0.1, 0.15) is 0 Å². The van der Waals surface area contributed by atoms with E-state index in [9.17, 15) is 0 Å². The summed E-state index contributed by atoms with van der Waals surface area (Å²) in [5.74, 6) is 0. The van der Waals surface area contributed by atoms with Crippen LogP contribution >= 0.6 is 0 Å². The molecule has 0 fully saturated rings. The zero-order chi connectivity index (χ0) is 20.3. The van der Waals surface area contributed by atoms with Crippen LogP contribution in [0.4, 0.5) is 0 Å². The van der Waals surface area contributed by atoms with E-state index in [2.05, 4.69) is 67.6 Å². The van der Waals surface area contributed by atoms with E-state index in [0.29, 0.717) is 0 Å². The molecular weight excluding hydrogens is 555 g/mol. The molecule has 1 radical (unpaired) electrons. The van der Waals surface area contributed by atoms with Crippen molar-refractivity contribution >= 4 is 10.9 Å². The summed E-state index contributed by atoms with van der Waals surface area (Å²) in [5.41, 5.74) is 10.2. The van der Waals surface area contributed by atoms with Crippen molar-refractivity contribution < 1.29 is 20.1 Å². The van der Waals surface area contributed by atoms with Crippen molar-refractivity contribution in [1.82, 2.24) is 4.98 Å². The van der Waals surface area contributed by atoms with Crippen molar-refractivity contribution in [2.75, 3.05) is 0 Å². The second-order valence-electron chi connectivity index (χ2n) is 8.35. The van der Waals surface area contributed by atoms with Crippen LogP contribution in [0.1, 0.15) is 51.0 Å². The molecule has 0 saturated heterocycles. The first-order valence-electron chi connectivity index (χ1n) is 11.4. The smallest absolute Gasteiger partial charge is 0.0608 e. The molecule has 0 N–H and O–H groups in total. The Balaban J connectivity index is 0.00000231. The third kappa shape index (κ3) is 4.12. The Morgan fingerprint density at radius 3 is 2.29 bits per heavy atom. The Kier molecular flexibility index (Phi) is 7.00. The van der Waals surface area contributed by atoms with Crippen LogP contribution < -0.4 is 0 Å².